The van der Waals surface area contributed by atoms with Crippen LogP contribution >= 0.6 is 0 Å². The summed E-state index contributed by atoms with van der Waals surface area (Å²) in [7, 11) is 0. The summed E-state index contributed by atoms with van der Waals surface area (Å²) < 4.78 is 5.01. The van der Waals surface area contributed by atoms with E-state index in [0.29, 0.717) is 19.4 Å². The van der Waals surface area contributed by atoms with Gasteiger partial charge >= 0.3 is 5.97 Å². The van der Waals surface area contributed by atoms with E-state index in [1.54, 1.807) is 0 Å². The minimum atomic E-state index is -1.24. The Balaban J connectivity index is 2.14. The monoisotopic (exact) mass is 322 g/mol. The zero-order valence-corrected chi connectivity index (χ0v) is 13.2. The smallest absolute Gasteiger partial charge is 0.371 e. The van der Waals surface area contributed by atoms with Crippen LogP contribution < -0.4 is 10.6 Å². The van der Waals surface area contributed by atoms with Crippen molar-refractivity contribution in [3.63, 3.8) is 0 Å². The number of carboxylic acid groups (broad SMARTS) is 1. The summed E-state index contributed by atoms with van der Waals surface area (Å²) in [4.78, 5) is 35.7. The minimum Gasteiger partial charge on any atom is -0.475 e. The quantitative estimate of drug-likeness (QED) is 0.741. The van der Waals surface area contributed by atoms with Crippen molar-refractivity contribution in [3.8, 4) is 0 Å². The zero-order valence-electron chi connectivity index (χ0n) is 13.2. The van der Waals surface area contributed by atoms with Crippen molar-refractivity contribution in [2.75, 3.05) is 6.54 Å². The number of amides is 2. The third-order valence-electron chi connectivity index (χ3n) is 4.07. The van der Waals surface area contributed by atoms with Crippen molar-refractivity contribution < 1.29 is 23.9 Å². The number of carboxylic acids is 1. The molecule has 1 heterocycles. The zero-order chi connectivity index (χ0) is 16.9. The van der Waals surface area contributed by atoms with E-state index in [0.717, 1.165) is 25.7 Å². The minimum absolute atomic E-state index is 0.101. The lowest BCUT2D eigenvalue weighted by atomic mass is 9.80. The van der Waals surface area contributed by atoms with E-state index in [1.807, 2.05) is 6.92 Å². The van der Waals surface area contributed by atoms with Crippen LogP contribution in [0.4, 0.5) is 0 Å². The van der Waals surface area contributed by atoms with Gasteiger partial charge in [-0.25, -0.2) is 4.79 Å². The maximum Gasteiger partial charge on any atom is 0.371 e. The van der Waals surface area contributed by atoms with Crippen molar-refractivity contribution in [1.29, 1.82) is 0 Å². The van der Waals surface area contributed by atoms with E-state index in [9.17, 15) is 14.4 Å². The predicted octanol–water partition coefficient (Wildman–Crippen LogP) is 1.94. The van der Waals surface area contributed by atoms with Crippen molar-refractivity contribution in [1.82, 2.24) is 10.6 Å². The fraction of sp³-hybridized carbons (Fsp3) is 0.562. The van der Waals surface area contributed by atoms with Gasteiger partial charge in [-0.3, -0.25) is 9.59 Å². The first-order valence-corrected chi connectivity index (χ1v) is 7.92. The predicted molar refractivity (Wildman–Crippen MR) is 82.3 cm³/mol. The highest BCUT2D eigenvalue weighted by Crippen LogP contribution is 2.29. The average Bonchev–Trinajstić information content (AvgIpc) is 3.03. The third-order valence-corrected chi connectivity index (χ3v) is 4.07. The van der Waals surface area contributed by atoms with Crippen LogP contribution in [-0.4, -0.2) is 35.0 Å². The highest BCUT2D eigenvalue weighted by Gasteiger charge is 2.41. The number of hydrogen-bond donors (Lipinski definition) is 3. The molecule has 1 aromatic heterocycles. The lowest BCUT2D eigenvalue weighted by molar-refractivity contribution is -0.128. The highest BCUT2D eigenvalue weighted by atomic mass is 16.4. The summed E-state index contributed by atoms with van der Waals surface area (Å²) in [6, 6.07) is 2.53. The summed E-state index contributed by atoms with van der Waals surface area (Å²) >= 11 is 0. The van der Waals surface area contributed by atoms with Crippen molar-refractivity contribution in [3.05, 3.63) is 23.7 Å². The van der Waals surface area contributed by atoms with Crippen LogP contribution in [0.15, 0.2) is 16.5 Å². The van der Waals surface area contributed by atoms with Gasteiger partial charge in [-0.05, 0) is 31.4 Å². The molecule has 0 aliphatic heterocycles. The van der Waals surface area contributed by atoms with Crippen LogP contribution in [0, 0.1) is 0 Å². The molecular weight excluding hydrogens is 300 g/mol. The largest absolute Gasteiger partial charge is 0.475 e. The summed E-state index contributed by atoms with van der Waals surface area (Å²) in [6.07, 6.45) is 4.71. The molecule has 1 fully saturated rings. The summed E-state index contributed by atoms with van der Waals surface area (Å²) in [5.74, 6) is -2.39. The molecule has 3 N–H and O–H groups in total. The van der Waals surface area contributed by atoms with E-state index >= 15 is 0 Å². The number of hydrogen-bond acceptors (Lipinski definition) is 4. The van der Waals surface area contributed by atoms with Gasteiger partial charge in [0.1, 0.15) is 5.54 Å². The third kappa shape index (κ3) is 3.91. The van der Waals surface area contributed by atoms with E-state index in [1.165, 1.54) is 12.1 Å². The Morgan fingerprint density at radius 1 is 1.17 bits per heavy atom. The van der Waals surface area contributed by atoms with Crippen LogP contribution in [0.5, 0.6) is 0 Å². The number of carbonyl (C=O) groups is 3. The average molecular weight is 322 g/mol. The summed E-state index contributed by atoms with van der Waals surface area (Å²) in [6.45, 7) is 2.52. The molecule has 7 heteroatoms. The maximum atomic E-state index is 12.5. The molecule has 2 amide bonds. The molecule has 1 aliphatic carbocycles. The van der Waals surface area contributed by atoms with Crippen molar-refractivity contribution in [2.45, 2.75) is 51.0 Å². The molecule has 0 saturated heterocycles. The Labute approximate surface area is 134 Å². The first kappa shape index (κ1) is 17.1. The van der Waals surface area contributed by atoms with E-state index in [4.69, 9.17) is 9.52 Å². The Morgan fingerprint density at radius 3 is 2.39 bits per heavy atom. The van der Waals surface area contributed by atoms with Crippen molar-refractivity contribution in [2.24, 2.45) is 0 Å². The van der Waals surface area contributed by atoms with Gasteiger partial charge in [-0.15, -0.1) is 0 Å². The van der Waals surface area contributed by atoms with Gasteiger partial charge in [0.15, 0.2) is 5.76 Å². The lowest BCUT2D eigenvalue weighted by Crippen LogP contribution is -2.59. The first-order valence-electron chi connectivity index (χ1n) is 7.92. The van der Waals surface area contributed by atoms with Crippen LogP contribution in [0.2, 0.25) is 0 Å². The molecule has 0 atom stereocenters. The molecule has 0 bridgehead atoms. The van der Waals surface area contributed by atoms with E-state index in [2.05, 4.69) is 10.6 Å². The van der Waals surface area contributed by atoms with Gasteiger partial charge in [-0.2, -0.15) is 0 Å². The van der Waals surface area contributed by atoms with Crippen LogP contribution in [0.1, 0.15) is 66.6 Å². The lowest BCUT2D eigenvalue weighted by Gasteiger charge is -2.36. The van der Waals surface area contributed by atoms with Crippen LogP contribution in [0.25, 0.3) is 0 Å². The molecule has 0 spiro atoms. The maximum absolute atomic E-state index is 12.5. The molecule has 23 heavy (non-hydrogen) atoms. The number of furan rings is 1. The number of aromatic carboxylic acids is 1. The van der Waals surface area contributed by atoms with Gasteiger partial charge in [0.25, 0.3) is 5.91 Å². The molecule has 1 aromatic rings. The molecule has 1 aliphatic rings. The topological polar surface area (TPSA) is 109 Å². The second kappa shape index (κ2) is 7.30. The van der Waals surface area contributed by atoms with Crippen LogP contribution in [-0.2, 0) is 4.79 Å². The molecule has 126 valence electrons. The molecule has 0 radical (unpaired) electrons. The second-order valence-corrected chi connectivity index (χ2v) is 5.82. The molecule has 0 unspecified atom stereocenters. The Kier molecular flexibility index (Phi) is 5.41. The summed E-state index contributed by atoms with van der Waals surface area (Å²) in [5, 5.41) is 14.5. The van der Waals surface area contributed by atoms with E-state index in [-0.39, 0.29) is 17.4 Å². The van der Waals surface area contributed by atoms with Gasteiger partial charge in [0, 0.05) is 6.54 Å². The number of carbonyl (C=O) groups excluding carboxylic acids is 2. The van der Waals surface area contributed by atoms with Crippen LogP contribution in [0.3, 0.4) is 0 Å². The normalized spacial score (nSPS) is 16.6. The fourth-order valence-electron chi connectivity index (χ4n) is 2.83. The molecule has 2 rings (SSSR count). The van der Waals surface area contributed by atoms with Crippen molar-refractivity contribution >= 4 is 17.8 Å². The Hall–Kier alpha value is -2.31. The fourth-order valence-corrected chi connectivity index (χ4v) is 2.83. The van der Waals surface area contributed by atoms with Gasteiger partial charge in [0.2, 0.25) is 11.7 Å². The Bertz CT molecular complexity index is 587. The first-order chi connectivity index (χ1) is 11.0. The highest BCUT2D eigenvalue weighted by molar-refractivity contribution is 5.98. The van der Waals surface area contributed by atoms with E-state index < -0.39 is 17.4 Å². The molecular formula is C16H22N2O5. The second-order valence-electron chi connectivity index (χ2n) is 5.82. The SMILES string of the molecule is CCCNC(=O)C1(NC(=O)c2ccc(C(=O)O)o2)CCCCC1. The van der Waals surface area contributed by atoms with Gasteiger partial charge in [0.05, 0.1) is 0 Å². The number of rotatable bonds is 6. The molecule has 1 saturated carbocycles. The summed E-state index contributed by atoms with van der Waals surface area (Å²) in [5.41, 5.74) is -0.944. The molecule has 0 aromatic carbocycles. The standard InChI is InChI=1S/C16H22N2O5/c1-2-10-17-15(22)16(8-4-3-5-9-16)18-13(19)11-6-7-12(23-11)14(20)21/h6-7H,2-5,8-10H2,1H3,(H,17,22)(H,18,19)(H,20,21). The number of nitrogens with one attached hydrogen (secondary N) is 2. The molecule has 7 nitrogen and oxygen atoms in total. The Morgan fingerprint density at radius 2 is 1.83 bits per heavy atom. The van der Waals surface area contributed by atoms with Gasteiger partial charge in [-0.1, -0.05) is 26.2 Å². The van der Waals surface area contributed by atoms with Gasteiger partial charge < -0.3 is 20.2 Å².